The molecular weight excluding hydrogens is 737 g/mol. The van der Waals surface area contributed by atoms with Crippen molar-refractivity contribution in [3.8, 4) is 11.5 Å². The maximum atomic E-state index is 11.7. The van der Waals surface area contributed by atoms with Gasteiger partial charge in [-0.15, -0.1) is 0 Å². The number of rotatable bonds is 22. The van der Waals surface area contributed by atoms with Crippen molar-refractivity contribution in [2.24, 2.45) is 35.5 Å². The SMILES string of the molecule is CCCCC[C@H](O)CC[C@@H]1[C@H]2Cc3cccc(OCC(=O)OCC)c3C[C@H]2C[C@H]1O.CCCCC[C@H](O)CC[C@@H]1[C@H]2Cc3cccc(OCOC=O)c3C[C@H]2C[C@H]1O. The highest BCUT2D eigenvalue weighted by molar-refractivity contribution is 5.71. The molecule has 0 saturated heterocycles. The minimum absolute atomic E-state index is 0.0699. The molecule has 10 heteroatoms. The van der Waals surface area contributed by atoms with Crippen LogP contribution in [0.25, 0.3) is 0 Å². The molecule has 0 aliphatic heterocycles. The summed E-state index contributed by atoms with van der Waals surface area (Å²) in [5, 5.41) is 42.1. The number of fused-ring (bicyclic) bond motifs is 4. The first kappa shape index (κ1) is 45.9. The zero-order chi connectivity index (χ0) is 41.4. The number of benzene rings is 2. The zero-order valence-electron chi connectivity index (χ0n) is 35.4. The first-order chi connectivity index (χ1) is 28.2. The van der Waals surface area contributed by atoms with Gasteiger partial charge >= 0.3 is 5.97 Å². The first-order valence-electron chi connectivity index (χ1n) is 22.6. The van der Waals surface area contributed by atoms with Crippen molar-refractivity contribution < 1.29 is 49.0 Å². The Balaban J connectivity index is 0.000000221. The lowest BCUT2D eigenvalue weighted by Gasteiger charge is -2.32. The van der Waals surface area contributed by atoms with Gasteiger partial charge in [0.05, 0.1) is 31.0 Å². The van der Waals surface area contributed by atoms with E-state index in [0.717, 1.165) is 101 Å². The van der Waals surface area contributed by atoms with Crippen LogP contribution in [0.5, 0.6) is 11.5 Å². The molecule has 0 unspecified atom stereocenters. The first-order valence-corrected chi connectivity index (χ1v) is 22.6. The fourth-order valence-corrected chi connectivity index (χ4v) is 10.7. The molecule has 6 rings (SSSR count). The average molecular weight is 809 g/mol. The molecule has 0 amide bonds. The van der Waals surface area contributed by atoms with Gasteiger partial charge in [0, 0.05) is 0 Å². The largest absolute Gasteiger partial charge is 0.482 e. The maximum Gasteiger partial charge on any atom is 0.344 e. The van der Waals surface area contributed by atoms with Gasteiger partial charge in [-0.1, -0.05) is 76.6 Å². The minimum atomic E-state index is -0.349. The predicted molar refractivity (Wildman–Crippen MR) is 223 cm³/mol. The molecule has 4 N–H and O–H groups in total. The lowest BCUT2D eigenvalue weighted by Crippen LogP contribution is -2.28. The molecule has 0 spiro atoms. The second kappa shape index (κ2) is 23.6. The Kier molecular flexibility index (Phi) is 18.6. The molecule has 324 valence electrons. The van der Waals surface area contributed by atoms with Crippen molar-refractivity contribution in [2.75, 3.05) is 20.0 Å². The predicted octanol–water partition coefficient (Wildman–Crippen LogP) is 7.69. The van der Waals surface area contributed by atoms with Gasteiger partial charge in [-0.05, 0) is 154 Å². The molecule has 10 nitrogen and oxygen atoms in total. The highest BCUT2D eigenvalue weighted by atomic mass is 16.7. The summed E-state index contributed by atoms with van der Waals surface area (Å²) in [6.07, 6.45) is 16.2. The van der Waals surface area contributed by atoms with Crippen molar-refractivity contribution in [1.29, 1.82) is 0 Å². The highest BCUT2D eigenvalue weighted by Crippen LogP contribution is 2.50. The topological polar surface area (TPSA) is 152 Å². The van der Waals surface area contributed by atoms with Crippen LogP contribution in [0.4, 0.5) is 0 Å². The van der Waals surface area contributed by atoms with Gasteiger partial charge < -0.3 is 39.4 Å². The summed E-state index contributed by atoms with van der Waals surface area (Å²) in [7, 11) is 0. The van der Waals surface area contributed by atoms with Crippen LogP contribution in [0, 0.1) is 35.5 Å². The maximum absolute atomic E-state index is 11.7. The third-order valence-electron chi connectivity index (χ3n) is 13.6. The molecule has 2 fully saturated rings. The van der Waals surface area contributed by atoms with Crippen LogP contribution in [-0.2, 0) is 44.7 Å². The molecule has 4 aliphatic carbocycles. The smallest absolute Gasteiger partial charge is 0.344 e. The van der Waals surface area contributed by atoms with E-state index in [2.05, 4.69) is 30.7 Å². The summed E-state index contributed by atoms with van der Waals surface area (Å²) >= 11 is 0. The van der Waals surface area contributed by atoms with Crippen molar-refractivity contribution >= 4 is 12.4 Å². The Hall–Kier alpha value is -3.18. The van der Waals surface area contributed by atoms with E-state index in [1.165, 1.54) is 47.9 Å². The number of carbonyl (C=O) groups is 2. The van der Waals surface area contributed by atoms with E-state index >= 15 is 0 Å². The van der Waals surface area contributed by atoms with Crippen LogP contribution in [-0.4, -0.2) is 77.3 Å². The van der Waals surface area contributed by atoms with Gasteiger partial charge in [-0.25, -0.2) is 4.79 Å². The summed E-state index contributed by atoms with van der Waals surface area (Å²) < 4.78 is 21.0. The summed E-state index contributed by atoms with van der Waals surface area (Å²) in [6.45, 7) is 6.73. The third kappa shape index (κ3) is 12.7. The Morgan fingerprint density at radius 2 is 1.21 bits per heavy atom. The summed E-state index contributed by atoms with van der Waals surface area (Å²) in [6, 6.07) is 12.1. The van der Waals surface area contributed by atoms with E-state index < -0.39 is 0 Å². The summed E-state index contributed by atoms with van der Waals surface area (Å²) in [4.78, 5) is 22.0. The molecule has 2 aromatic rings. The number of hydrogen-bond donors (Lipinski definition) is 4. The summed E-state index contributed by atoms with van der Waals surface area (Å²) in [5.74, 6) is 3.52. The van der Waals surface area contributed by atoms with Crippen molar-refractivity contribution in [3.63, 3.8) is 0 Å². The van der Waals surface area contributed by atoms with Gasteiger partial charge in [0.1, 0.15) is 11.5 Å². The van der Waals surface area contributed by atoms with E-state index in [1.54, 1.807) is 6.92 Å². The van der Waals surface area contributed by atoms with E-state index in [4.69, 9.17) is 14.2 Å². The standard InChI is InChI=1S/C25H38O5.C23H34O5/c1-3-5-6-9-19(26)11-12-20-21-13-17-8-7-10-24(30-16-25(28)29-4-2)22(17)14-18(21)15-23(20)27;1-2-3-4-7-18(25)9-10-19-20-11-16-6-5-8-23(28-15-27-14-24)21(16)12-17(20)13-22(19)26/h7-8,10,18-21,23,26-27H,3-6,9,11-16H2,1-2H3;5-6,8,14,17-20,22,25-26H,2-4,7,9-13,15H2,1H3/t18-,19-,20+,21-,23+;17-,18-,19+,20-,22+/m00/s1. The number of aliphatic hydroxyl groups excluding tert-OH is 4. The Labute approximate surface area is 347 Å². The van der Waals surface area contributed by atoms with Gasteiger partial charge in [0.2, 0.25) is 6.79 Å². The van der Waals surface area contributed by atoms with Crippen LogP contribution in [0.2, 0.25) is 0 Å². The second-order valence-electron chi connectivity index (χ2n) is 17.5. The molecule has 0 heterocycles. The highest BCUT2D eigenvalue weighted by Gasteiger charge is 2.46. The Bertz CT molecular complexity index is 1550. The molecule has 58 heavy (non-hydrogen) atoms. The lowest BCUT2D eigenvalue weighted by molar-refractivity contribution is -0.145. The molecule has 2 saturated carbocycles. The lowest BCUT2D eigenvalue weighted by atomic mass is 9.73. The van der Waals surface area contributed by atoms with Gasteiger partial charge in [0.25, 0.3) is 6.47 Å². The monoisotopic (exact) mass is 809 g/mol. The molecule has 0 aromatic heterocycles. The molecule has 0 radical (unpaired) electrons. The normalized spacial score (nSPS) is 26.5. The zero-order valence-corrected chi connectivity index (χ0v) is 35.4. The number of ether oxygens (including phenoxy) is 4. The number of esters is 1. The molecule has 2 aromatic carbocycles. The van der Waals surface area contributed by atoms with E-state index in [1.807, 2.05) is 24.3 Å². The van der Waals surface area contributed by atoms with Crippen LogP contribution in [0.15, 0.2) is 36.4 Å². The quantitative estimate of drug-likeness (QED) is 0.0403. The van der Waals surface area contributed by atoms with Crippen LogP contribution in [0.1, 0.15) is 133 Å². The second-order valence-corrected chi connectivity index (χ2v) is 17.5. The molecule has 10 atom stereocenters. The number of unbranched alkanes of at least 4 members (excludes halogenated alkanes) is 4. The van der Waals surface area contributed by atoms with Crippen LogP contribution in [0.3, 0.4) is 0 Å². The fraction of sp³-hybridized carbons (Fsp3) is 0.708. The average Bonchev–Trinajstić information content (AvgIpc) is 3.69. The van der Waals surface area contributed by atoms with Crippen LogP contribution < -0.4 is 9.47 Å². The van der Waals surface area contributed by atoms with Crippen LogP contribution >= 0.6 is 0 Å². The van der Waals surface area contributed by atoms with E-state index in [0.29, 0.717) is 36.8 Å². The number of aliphatic hydroxyl groups is 4. The van der Waals surface area contributed by atoms with E-state index in [9.17, 15) is 30.0 Å². The van der Waals surface area contributed by atoms with Crippen molar-refractivity contribution in [2.45, 2.75) is 161 Å². The van der Waals surface area contributed by atoms with Crippen molar-refractivity contribution in [3.05, 3.63) is 58.7 Å². The number of hydrogen-bond acceptors (Lipinski definition) is 10. The van der Waals surface area contributed by atoms with E-state index in [-0.39, 0.29) is 55.6 Å². The van der Waals surface area contributed by atoms with Gasteiger partial charge in [-0.3, -0.25) is 4.79 Å². The minimum Gasteiger partial charge on any atom is -0.482 e. The third-order valence-corrected chi connectivity index (χ3v) is 13.6. The van der Waals surface area contributed by atoms with Gasteiger partial charge in [-0.2, -0.15) is 0 Å². The fourth-order valence-electron chi connectivity index (χ4n) is 10.7. The molecule has 4 aliphatic rings. The Morgan fingerprint density at radius 1 is 0.707 bits per heavy atom. The van der Waals surface area contributed by atoms with Gasteiger partial charge in [0.15, 0.2) is 6.61 Å². The number of carbonyl (C=O) groups excluding carboxylic acids is 2. The van der Waals surface area contributed by atoms with Crippen molar-refractivity contribution in [1.82, 2.24) is 0 Å². The Morgan fingerprint density at radius 3 is 1.67 bits per heavy atom. The molecular formula is C48H72O10. The summed E-state index contributed by atoms with van der Waals surface area (Å²) in [5.41, 5.74) is 4.90. The molecule has 0 bridgehead atoms.